The van der Waals surface area contributed by atoms with Crippen molar-refractivity contribution >= 4 is 11.9 Å². The molecule has 0 spiro atoms. The number of esters is 1. The van der Waals surface area contributed by atoms with Crippen LogP contribution in [0, 0.1) is 11.3 Å². The zero-order chi connectivity index (χ0) is 24.5. The van der Waals surface area contributed by atoms with Crippen LogP contribution in [0.1, 0.15) is 42.6 Å². The monoisotopic (exact) mass is 470 g/mol. The maximum Gasteiger partial charge on any atom is 0.338 e. The van der Waals surface area contributed by atoms with Crippen molar-refractivity contribution < 1.29 is 38.4 Å². The number of aliphatic carboxylic acids is 1. The van der Waals surface area contributed by atoms with Crippen molar-refractivity contribution in [3.63, 3.8) is 0 Å². The summed E-state index contributed by atoms with van der Waals surface area (Å²) < 4.78 is 28.8. The van der Waals surface area contributed by atoms with Gasteiger partial charge in [-0.05, 0) is 36.6 Å². The standard InChI is InChI=1S/C26H30O8/c1-26(2,21-12-15(24(27)28)10-11-32-21)14-34-22-17(8-9-20(30-3)23(22)31-4)16-6-5-7-18-19(16)13-33-25(18)29/h5-9,15,21H,10-14H2,1-4H3,(H,27,28). The summed E-state index contributed by atoms with van der Waals surface area (Å²) in [6, 6.07) is 9.15. The third-order valence-corrected chi connectivity index (χ3v) is 6.63. The number of ether oxygens (including phenoxy) is 5. The predicted octanol–water partition coefficient (Wildman–Crippen LogP) is 4.33. The SMILES string of the molecule is COc1ccc(-c2cccc3c2COC3=O)c(OCC(C)(C)C2CC(C(=O)O)CCO2)c1OC. The van der Waals surface area contributed by atoms with Crippen molar-refractivity contribution in [3.8, 4) is 28.4 Å². The minimum absolute atomic E-state index is 0.191. The first kappa shape index (κ1) is 23.9. The maximum absolute atomic E-state index is 12.1. The summed E-state index contributed by atoms with van der Waals surface area (Å²) >= 11 is 0. The van der Waals surface area contributed by atoms with Gasteiger partial charge in [0.1, 0.15) is 6.61 Å². The Balaban J connectivity index is 1.69. The molecule has 0 radical (unpaired) electrons. The molecule has 0 saturated carbocycles. The van der Waals surface area contributed by atoms with E-state index in [1.165, 1.54) is 0 Å². The van der Waals surface area contributed by atoms with Crippen LogP contribution >= 0.6 is 0 Å². The van der Waals surface area contributed by atoms with Crippen LogP contribution in [0.5, 0.6) is 17.2 Å². The van der Waals surface area contributed by atoms with Gasteiger partial charge in [0.05, 0.1) is 38.4 Å². The van der Waals surface area contributed by atoms with Crippen LogP contribution in [-0.4, -0.2) is 50.6 Å². The van der Waals surface area contributed by atoms with E-state index in [-0.39, 0.29) is 25.3 Å². The fraction of sp³-hybridized carbons (Fsp3) is 0.462. The van der Waals surface area contributed by atoms with Crippen LogP contribution < -0.4 is 14.2 Å². The molecule has 8 heteroatoms. The quantitative estimate of drug-likeness (QED) is 0.569. The van der Waals surface area contributed by atoms with Crippen molar-refractivity contribution in [2.75, 3.05) is 27.4 Å². The predicted molar refractivity (Wildman–Crippen MR) is 123 cm³/mol. The number of carbonyl (C=O) groups is 2. The Morgan fingerprint density at radius 3 is 2.56 bits per heavy atom. The first-order chi connectivity index (χ1) is 16.3. The first-order valence-electron chi connectivity index (χ1n) is 11.3. The topological polar surface area (TPSA) is 101 Å². The summed E-state index contributed by atoms with van der Waals surface area (Å²) in [6.07, 6.45) is 0.671. The highest BCUT2D eigenvalue weighted by molar-refractivity contribution is 5.96. The molecule has 2 aromatic rings. The molecule has 2 aromatic carbocycles. The summed E-state index contributed by atoms with van der Waals surface area (Å²) in [7, 11) is 3.10. The van der Waals surface area contributed by atoms with E-state index in [0.29, 0.717) is 42.3 Å². The minimum atomic E-state index is -0.795. The molecule has 2 aliphatic heterocycles. The van der Waals surface area contributed by atoms with Gasteiger partial charge in [0.15, 0.2) is 11.5 Å². The molecule has 0 aromatic heterocycles. The fourth-order valence-corrected chi connectivity index (χ4v) is 4.57. The van der Waals surface area contributed by atoms with Crippen molar-refractivity contribution in [1.82, 2.24) is 0 Å². The van der Waals surface area contributed by atoms with Crippen LogP contribution in [0.4, 0.5) is 0 Å². The zero-order valence-corrected chi connectivity index (χ0v) is 19.9. The van der Waals surface area contributed by atoms with Gasteiger partial charge in [-0.15, -0.1) is 0 Å². The Kier molecular flexibility index (Phi) is 6.70. The molecule has 0 bridgehead atoms. The van der Waals surface area contributed by atoms with Crippen molar-refractivity contribution in [1.29, 1.82) is 0 Å². The molecule has 1 fully saturated rings. The molecule has 1 saturated heterocycles. The normalized spacial score (nSPS) is 19.8. The zero-order valence-electron chi connectivity index (χ0n) is 19.9. The number of benzene rings is 2. The highest BCUT2D eigenvalue weighted by Crippen LogP contribution is 2.47. The molecule has 34 heavy (non-hydrogen) atoms. The van der Waals surface area contributed by atoms with Crippen LogP contribution in [0.2, 0.25) is 0 Å². The van der Waals surface area contributed by atoms with Gasteiger partial charge in [-0.1, -0.05) is 26.0 Å². The Hall–Kier alpha value is -3.26. The lowest BCUT2D eigenvalue weighted by Crippen LogP contribution is -2.43. The van der Waals surface area contributed by atoms with E-state index in [0.717, 1.165) is 16.7 Å². The van der Waals surface area contributed by atoms with Gasteiger partial charge in [-0.3, -0.25) is 4.79 Å². The van der Waals surface area contributed by atoms with Crippen molar-refractivity contribution in [2.24, 2.45) is 11.3 Å². The molecular weight excluding hydrogens is 440 g/mol. The molecule has 182 valence electrons. The fourth-order valence-electron chi connectivity index (χ4n) is 4.57. The smallest absolute Gasteiger partial charge is 0.338 e. The van der Waals surface area contributed by atoms with Gasteiger partial charge < -0.3 is 28.8 Å². The van der Waals surface area contributed by atoms with Gasteiger partial charge >= 0.3 is 11.9 Å². The lowest BCUT2D eigenvalue weighted by atomic mass is 9.80. The van der Waals surface area contributed by atoms with E-state index in [2.05, 4.69) is 0 Å². The van der Waals surface area contributed by atoms with Crippen LogP contribution in [0.15, 0.2) is 30.3 Å². The highest BCUT2D eigenvalue weighted by Gasteiger charge is 2.38. The Labute approximate surface area is 198 Å². The van der Waals surface area contributed by atoms with Gasteiger partial charge in [0.2, 0.25) is 5.75 Å². The van der Waals surface area contributed by atoms with E-state index in [1.54, 1.807) is 26.4 Å². The molecule has 2 atom stereocenters. The van der Waals surface area contributed by atoms with Gasteiger partial charge in [0.25, 0.3) is 0 Å². The summed E-state index contributed by atoms with van der Waals surface area (Å²) in [5.74, 6) is -0.136. The number of fused-ring (bicyclic) bond motifs is 1. The molecule has 2 aliphatic rings. The summed E-state index contributed by atoms with van der Waals surface area (Å²) in [4.78, 5) is 23.6. The molecular formula is C26H30O8. The van der Waals surface area contributed by atoms with Gasteiger partial charge in [-0.2, -0.15) is 0 Å². The first-order valence-corrected chi connectivity index (χ1v) is 11.3. The number of hydrogen-bond donors (Lipinski definition) is 1. The van der Waals surface area contributed by atoms with E-state index >= 15 is 0 Å². The number of carbonyl (C=O) groups excluding carboxylic acids is 1. The molecule has 1 N–H and O–H groups in total. The van der Waals surface area contributed by atoms with Crippen LogP contribution in [0.25, 0.3) is 11.1 Å². The van der Waals surface area contributed by atoms with E-state index < -0.39 is 17.3 Å². The number of methoxy groups -OCH3 is 2. The summed E-state index contributed by atoms with van der Waals surface area (Å²) in [6.45, 7) is 4.85. The summed E-state index contributed by atoms with van der Waals surface area (Å²) in [5, 5.41) is 9.46. The van der Waals surface area contributed by atoms with Gasteiger partial charge in [-0.25, -0.2) is 4.79 Å². The molecule has 4 rings (SSSR count). The van der Waals surface area contributed by atoms with Crippen LogP contribution in [-0.2, 0) is 20.9 Å². The van der Waals surface area contributed by atoms with Gasteiger partial charge in [0, 0.05) is 23.1 Å². The number of hydrogen-bond acceptors (Lipinski definition) is 7. The third kappa shape index (κ3) is 4.42. The van der Waals surface area contributed by atoms with E-state index in [4.69, 9.17) is 23.7 Å². The maximum atomic E-state index is 12.1. The van der Waals surface area contributed by atoms with E-state index in [9.17, 15) is 14.7 Å². The second-order valence-corrected chi connectivity index (χ2v) is 9.28. The van der Waals surface area contributed by atoms with E-state index in [1.807, 2.05) is 32.0 Å². The number of rotatable bonds is 8. The lowest BCUT2D eigenvalue weighted by Gasteiger charge is -2.38. The summed E-state index contributed by atoms with van der Waals surface area (Å²) in [5.41, 5.74) is 2.42. The lowest BCUT2D eigenvalue weighted by molar-refractivity contribution is -0.151. The van der Waals surface area contributed by atoms with Crippen molar-refractivity contribution in [2.45, 2.75) is 39.4 Å². The average Bonchev–Trinajstić information content (AvgIpc) is 3.23. The third-order valence-electron chi connectivity index (χ3n) is 6.63. The molecule has 0 amide bonds. The molecule has 0 aliphatic carbocycles. The molecule has 8 nitrogen and oxygen atoms in total. The minimum Gasteiger partial charge on any atom is -0.493 e. The second-order valence-electron chi connectivity index (χ2n) is 9.28. The average molecular weight is 471 g/mol. The number of carboxylic acid groups (broad SMARTS) is 1. The number of cyclic esters (lactones) is 1. The second kappa shape index (κ2) is 9.54. The molecule has 2 heterocycles. The van der Waals surface area contributed by atoms with Crippen molar-refractivity contribution in [3.05, 3.63) is 41.5 Å². The Morgan fingerprint density at radius 1 is 1.09 bits per heavy atom. The highest BCUT2D eigenvalue weighted by atomic mass is 16.5. The van der Waals surface area contributed by atoms with Crippen LogP contribution in [0.3, 0.4) is 0 Å². The Morgan fingerprint density at radius 2 is 1.85 bits per heavy atom. The molecule has 2 unspecified atom stereocenters. The largest absolute Gasteiger partial charge is 0.493 e. The number of carboxylic acids is 1. The Bertz CT molecular complexity index is 1090.